The number of nitrogens with zero attached hydrogens (tertiary/aromatic N) is 3. The fourth-order valence-electron chi connectivity index (χ4n) is 14.0. The van der Waals surface area contributed by atoms with Crippen LogP contribution in [0.5, 0.6) is 0 Å². The molecule has 4 nitrogen and oxygen atoms in total. The van der Waals surface area contributed by atoms with E-state index >= 15 is 0 Å². The summed E-state index contributed by atoms with van der Waals surface area (Å²) in [5.74, 6) is 0. The predicted molar refractivity (Wildman–Crippen MR) is 367 cm³/mol. The number of para-hydroxylation sites is 3. The number of rotatable bonds is 7. The summed E-state index contributed by atoms with van der Waals surface area (Å²) in [6.45, 7) is 37.4. The average molecular weight is 1110 g/mol. The molecule has 424 valence electrons. The van der Waals surface area contributed by atoms with Crippen molar-refractivity contribution in [1.29, 1.82) is 0 Å². The van der Waals surface area contributed by atoms with Crippen molar-refractivity contribution < 1.29 is 4.42 Å². The fraction of sp³-hybridized carbons (Fsp3) is 0.250. The highest BCUT2D eigenvalue weighted by Crippen LogP contribution is 2.53. The molecule has 0 atom stereocenters. The largest absolute Gasteiger partial charge is 0.455 e. The van der Waals surface area contributed by atoms with Crippen molar-refractivity contribution in [3.05, 3.63) is 239 Å². The van der Waals surface area contributed by atoms with Gasteiger partial charge in [-0.15, -0.1) is 0 Å². The first-order chi connectivity index (χ1) is 40.4. The molecule has 0 aliphatic carbocycles. The van der Waals surface area contributed by atoms with Crippen LogP contribution in [0.3, 0.4) is 0 Å². The van der Waals surface area contributed by atoms with E-state index in [1.165, 1.54) is 106 Å². The van der Waals surface area contributed by atoms with E-state index in [4.69, 9.17) is 4.42 Å². The summed E-state index contributed by atoms with van der Waals surface area (Å²) < 4.78 is 6.74. The van der Waals surface area contributed by atoms with Crippen molar-refractivity contribution in [2.24, 2.45) is 0 Å². The lowest BCUT2D eigenvalue weighted by Crippen LogP contribution is -2.62. The van der Waals surface area contributed by atoms with Gasteiger partial charge >= 0.3 is 0 Å². The van der Waals surface area contributed by atoms with Gasteiger partial charge in [-0.1, -0.05) is 210 Å². The molecule has 2 aliphatic heterocycles. The summed E-state index contributed by atoms with van der Waals surface area (Å²) in [7, 11) is 0. The number of hydrogen-bond donors (Lipinski definition) is 0. The van der Waals surface area contributed by atoms with Gasteiger partial charge in [-0.2, -0.15) is 0 Å². The average Bonchev–Trinajstić information content (AvgIpc) is 1.13. The van der Waals surface area contributed by atoms with E-state index in [1.807, 2.05) is 0 Å². The predicted octanol–water partition coefficient (Wildman–Crippen LogP) is 20.9. The molecule has 0 spiro atoms. The minimum atomic E-state index is -0.206. The van der Waals surface area contributed by atoms with Gasteiger partial charge in [0.15, 0.2) is 0 Å². The van der Waals surface area contributed by atoms with E-state index in [-0.39, 0.29) is 28.4 Å². The molecule has 0 radical (unpaired) electrons. The third-order valence-corrected chi connectivity index (χ3v) is 18.3. The van der Waals surface area contributed by atoms with Crippen molar-refractivity contribution in [3.63, 3.8) is 0 Å². The van der Waals surface area contributed by atoms with Crippen molar-refractivity contribution in [1.82, 2.24) is 0 Å². The van der Waals surface area contributed by atoms with Gasteiger partial charge < -0.3 is 19.1 Å². The fourth-order valence-corrected chi connectivity index (χ4v) is 14.0. The minimum absolute atomic E-state index is 0.00415. The van der Waals surface area contributed by atoms with E-state index in [0.717, 1.165) is 50.1 Å². The highest BCUT2D eigenvalue weighted by Gasteiger charge is 2.47. The summed E-state index contributed by atoms with van der Waals surface area (Å²) >= 11 is 0. The molecule has 0 unspecified atom stereocenters. The topological polar surface area (TPSA) is 22.9 Å². The molecule has 85 heavy (non-hydrogen) atoms. The molecule has 1 aromatic heterocycles. The number of benzene rings is 10. The maximum atomic E-state index is 6.74. The Kier molecular flexibility index (Phi) is 13.1. The Morgan fingerprint density at radius 2 is 0.976 bits per heavy atom. The zero-order valence-corrected chi connectivity index (χ0v) is 52.8. The molecule has 13 rings (SSSR count). The highest BCUT2D eigenvalue weighted by atomic mass is 16.3. The first kappa shape index (κ1) is 55.6. The molecular formula is C80H80BN3O. The number of hydrogen-bond acceptors (Lipinski definition) is 4. The van der Waals surface area contributed by atoms with Crippen molar-refractivity contribution >= 4 is 96.2 Å². The van der Waals surface area contributed by atoms with Gasteiger partial charge in [0.25, 0.3) is 6.71 Å². The molecule has 0 bridgehead atoms. The van der Waals surface area contributed by atoms with E-state index in [0.29, 0.717) is 0 Å². The summed E-state index contributed by atoms with van der Waals surface area (Å²) in [5.41, 5.74) is 30.9. The van der Waals surface area contributed by atoms with E-state index in [2.05, 4.69) is 320 Å². The van der Waals surface area contributed by atoms with Crippen LogP contribution in [0.25, 0.3) is 44.2 Å². The molecule has 3 heterocycles. The Labute approximate surface area is 505 Å². The second kappa shape index (κ2) is 20.1. The SMILES string of the molecule is Cc1cc(-c2cccc3c2oc2ccccc23)cc(C)c1N1c2cc(N(c3ccc(C(C)(C)C)cc3)c3ccccc3-c3ccccc3)ccc2B2c3cc(C(C)(C)C)cc(C)c3N(c3ccc(C(C)(C)C)cc3)c3c(C)c(C(C)(C)C)cc1c32. The molecule has 10 aromatic carbocycles. The quantitative estimate of drug-likeness (QED) is 0.148. The third kappa shape index (κ3) is 9.37. The zero-order valence-electron chi connectivity index (χ0n) is 52.8. The lowest BCUT2D eigenvalue weighted by molar-refractivity contribution is 0.586. The van der Waals surface area contributed by atoms with Gasteiger partial charge in [-0.05, 0) is 188 Å². The van der Waals surface area contributed by atoms with E-state index < -0.39 is 0 Å². The van der Waals surface area contributed by atoms with Gasteiger partial charge in [0.2, 0.25) is 0 Å². The third-order valence-electron chi connectivity index (χ3n) is 18.3. The van der Waals surface area contributed by atoms with Crippen LogP contribution in [0.15, 0.2) is 199 Å². The maximum absolute atomic E-state index is 6.74. The maximum Gasteiger partial charge on any atom is 0.252 e. The van der Waals surface area contributed by atoms with Crippen LogP contribution < -0.4 is 31.1 Å². The number of anilines is 9. The molecule has 11 aromatic rings. The lowest BCUT2D eigenvalue weighted by Gasteiger charge is -2.47. The number of furan rings is 1. The van der Waals surface area contributed by atoms with Crippen molar-refractivity contribution in [3.8, 4) is 22.3 Å². The highest BCUT2D eigenvalue weighted by molar-refractivity contribution is 7.00. The van der Waals surface area contributed by atoms with Crippen LogP contribution in [0, 0.1) is 27.7 Å². The van der Waals surface area contributed by atoms with Crippen molar-refractivity contribution in [2.45, 2.75) is 132 Å². The molecule has 0 fully saturated rings. The van der Waals surface area contributed by atoms with E-state index in [9.17, 15) is 0 Å². The summed E-state index contributed by atoms with van der Waals surface area (Å²) in [4.78, 5) is 7.83. The van der Waals surface area contributed by atoms with Crippen molar-refractivity contribution in [2.75, 3.05) is 14.7 Å². The molecule has 0 amide bonds. The molecule has 2 aliphatic rings. The minimum Gasteiger partial charge on any atom is -0.455 e. The van der Waals surface area contributed by atoms with Gasteiger partial charge in [0.05, 0.1) is 11.4 Å². The first-order valence-corrected chi connectivity index (χ1v) is 30.6. The lowest BCUT2D eigenvalue weighted by atomic mass is 9.33. The summed E-state index contributed by atoms with van der Waals surface area (Å²) in [6, 6.07) is 73.4. The molecule has 0 saturated carbocycles. The van der Waals surface area contributed by atoms with Gasteiger partial charge in [0, 0.05) is 61.7 Å². The second-order valence-electron chi connectivity index (χ2n) is 28.5. The monoisotopic (exact) mass is 1110 g/mol. The van der Waals surface area contributed by atoms with Crippen LogP contribution in [0.1, 0.15) is 128 Å². The molecular weight excluding hydrogens is 1030 g/mol. The standard InChI is InChI=1S/C80H80BN3O/c1-49-43-54(62-29-24-30-64-63-28-21-23-32-71(63)85-76(62)64)44-50(2)73(49)84-69-47-60(82(58-37-33-55(34-38-58)77(5,6)7)68-31-22-20-27-61(68)53-25-18-17-19-26-53)41-42-66(69)81-67-46-57(79(11,12)13)45-51(3)74(67)83(59-39-35-56(36-40-59)78(8,9)10)75-52(4)65(80(14,15)16)48-70(84)72(75)81/h17-48H,1-16H3. The Morgan fingerprint density at radius 3 is 1.64 bits per heavy atom. The summed E-state index contributed by atoms with van der Waals surface area (Å²) in [5, 5.41) is 2.26. The van der Waals surface area contributed by atoms with Gasteiger partial charge in [-0.25, -0.2) is 0 Å². The summed E-state index contributed by atoms with van der Waals surface area (Å²) in [6.07, 6.45) is 0. The first-order valence-electron chi connectivity index (χ1n) is 30.6. The van der Waals surface area contributed by atoms with Crippen LogP contribution in [0.2, 0.25) is 0 Å². The normalized spacial score (nSPS) is 13.3. The second-order valence-corrected chi connectivity index (χ2v) is 28.5. The Bertz CT molecular complexity index is 4420. The van der Waals surface area contributed by atoms with Crippen LogP contribution >= 0.6 is 0 Å². The zero-order chi connectivity index (χ0) is 59.8. The van der Waals surface area contributed by atoms with Crippen LogP contribution in [-0.2, 0) is 21.7 Å². The van der Waals surface area contributed by atoms with E-state index in [1.54, 1.807) is 0 Å². The Morgan fingerprint density at radius 1 is 0.400 bits per heavy atom. The number of aryl methyl sites for hydroxylation is 3. The van der Waals surface area contributed by atoms with Gasteiger partial charge in [-0.3, -0.25) is 0 Å². The van der Waals surface area contributed by atoms with Crippen LogP contribution in [0.4, 0.5) is 51.2 Å². The molecule has 0 saturated heterocycles. The van der Waals surface area contributed by atoms with Gasteiger partial charge in [0.1, 0.15) is 11.2 Å². The molecule has 5 heteroatoms. The Balaban J connectivity index is 1.14. The molecule has 0 N–H and O–H groups in total. The Hall–Kier alpha value is -8.54. The smallest absolute Gasteiger partial charge is 0.252 e. The van der Waals surface area contributed by atoms with Crippen LogP contribution in [-0.4, -0.2) is 6.71 Å². The number of fused-ring (bicyclic) bond motifs is 7.